The number of rotatable bonds is 4. The van der Waals surface area contributed by atoms with Crippen LogP contribution in [0.15, 0.2) is 36.8 Å². The fourth-order valence-corrected chi connectivity index (χ4v) is 7.03. The van der Waals surface area contributed by atoms with Crippen LogP contribution in [0.25, 0.3) is 11.0 Å². The molecule has 1 saturated carbocycles. The van der Waals surface area contributed by atoms with Crippen molar-refractivity contribution in [2.24, 2.45) is 17.3 Å². The lowest BCUT2D eigenvalue weighted by molar-refractivity contribution is -0.141. The Morgan fingerprint density at radius 2 is 1.94 bits per heavy atom. The highest BCUT2D eigenvalue weighted by atomic mass is 16.6. The summed E-state index contributed by atoms with van der Waals surface area (Å²) in [5.41, 5.74) is 1.59. The molecule has 2 bridgehead atoms. The van der Waals surface area contributed by atoms with E-state index < -0.39 is 35.3 Å². The molecule has 2 aliphatic heterocycles. The van der Waals surface area contributed by atoms with Gasteiger partial charge in [0.25, 0.3) is 0 Å². The molecule has 2 fully saturated rings. The van der Waals surface area contributed by atoms with Crippen molar-refractivity contribution in [1.29, 1.82) is 0 Å². The SMILES string of the molecule is CC(=O)[C@@H]1[C@H](C)[C@@H]2CN1C(=O)[C@H](C(C)(C)C)NC(=O)O[C@]1(C)C[C@H]1CCCCCc1nc3ccc(OCc4cnccn4)cc3nc1O2. The smallest absolute Gasteiger partial charge is 0.408 e. The number of ether oxygens (including phenoxy) is 3. The number of carbonyl (C=O) groups excluding carboxylic acids is 3. The molecule has 1 N–H and O–H groups in total. The third kappa shape index (κ3) is 7.22. The first kappa shape index (κ1) is 33.5. The van der Waals surface area contributed by atoms with Crippen LogP contribution in [0, 0.1) is 17.3 Å². The van der Waals surface area contributed by atoms with Gasteiger partial charge in [0, 0.05) is 30.3 Å². The van der Waals surface area contributed by atoms with Gasteiger partial charge in [0.2, 0.25) is 11.8 Å². The first-order valence-electron chi connectivity index (χ1n) is 17.0. The summed E-state index contributed by atoms with van der Waals surface area (Å²) < 4.78 is 18.5. The van der Waals surface area contributed by atoms with Gasteiger partial charge in [-0.3, -0.25) is 19.6 Å². The van der Waals surface area contributed by atoms with Crippen LogP contribution in [0.4, 0.5) is 4.79 Å². The Bertz CT molecular complexity index is 1680. The Hall–Kier alpha value is -4.35. The normalized spacial score (nSPS) is 28.2. The van der Waals surface area contributed by atoms with Gasteiger partial charge in [-0.05, 0) is 57.1 Å². The van der Waals surface area contributed by atoms with E-state index in [9.17, 15) is 14.4 Å². The summed E-state index contributed by atoms with van der Waals surface area (Å²) in [5, 5.41) is 2.87. The first-order valence-corrected chi connectivity index (χ1v) is 17.0. The molecule has 6 atom stereocenters. The maximum absolute atomic E-state index is 14.2. The standard InChI is InChI=1S/C36H46N6O6/c1-21-29-19-42(30(21)22(2)43)33(44)31(35(3,4)5)41-34(45)48-36(6)17-23(36)10-8-7-9-11-27-32(47-29)40-28-16-25(12-13-26(28)39-27)46-20-24-18-37-14-15-38-24/h12-16,18,21,23,29-31H,7-11,17,19-20H2,1-6H3,(H,41,45)/t21-,23-,29+,30+,31-,36-/m1/s1. The van der Waals surface area contributed by atoms with Crippen molar-refractivity contribution in [2.45, 2.75) is 110 Å². The van der Waals surface area contributed by atoms with E-state index in [1.54, 1.807) is 23.5 Å². The molecule has 6 rings (SSSR count). The number of carbonyl (C=O) groups is 3. The van der Waals surface area contributed by atoms with Gasteiger partial charge in [-0.1, -0.05) is 40.5 Å². The summed E-state index contributed by atoms with van der Waals surface area (Å²) in [6.07, 6.45) is 9.02. The molecular formula is C36H46N6O6. The summed E-state index contributed by atoms with van der Waals surface area (Å²) >= 11 is 0. The van der Waals surface area contributed by atoms with E-state index in [2.05, 4.69) is 15.3 Å². The van der Waals surface area contributed by atoms with Crippen LogP contribution < -0.4 is 14.8 Å². The maximum Gasteiger partial charge on any atom is 0.408 e. The van der Waals surface area contributed by atoms with E-state index >= 15 is 0 Å². The lowest BCUT2D eigenvalue weighted by Crippen LogP contribution is -2.57. The molecule has 1 aliphatic carbocycles. The largest absolute Gasteiger partial charge is 0.487 e. The summed E-state index contributed by atoms with van der Waals surface area (Å²) in [6, 6.07) is 3.94. The van der Waals surface area contributed by atoms with Gasteiger partial charge in [0.1, 0.15) is 35.8 Å². The van der Waals surface area contributed by atoms with Crippen molar-refractivity contribution < 1.29 is 28.6 Å². The number of amides is 2. The van der Waals surface area contributed by atoms with E-state index in [0.717, 1.165) is 43.3 Å². The number of alkyl carbamates (subject to hydrolysis) is 1. The minimum Gasteiger partial charge on any atom is -0.487 e. The highest BCUT2D eigenvalue weighted by Gasteiger charge is 2.54. The highest BCUT2D eigenvalue weighted by Crippen LogP contribution is 2.49. The summed E-state index contributed by atoms with van der Waals surface area (Å²) in [6.45, 7) is 11.5. The second-order valence-electron chi connectivity index (χ2n) is 14.8. The Morgan fingerprint density at radius 3 is 2.67 bits per heavy atom. The molecule has 3 aromatic rings. The monoisotopic (exact) mass is 658 g/mol. The molecule has 12 heteroatoms. The molecule has 0 spiro atoms. The topological polar surface area (TPSA) is 146 Å². The van der Waals surface area contributed by atoms with Crippen LogP contribution in [-0.4, -0.2) is 73.0 Å². The van der Waals surface area contributed by atoms with Crippen LogP contribution in [0.2, 0.25) is 0 Å². The van der Waals surface area contributed by atoms with Crippen molar-refractivity contribution in [3.63, 3.8) is 0 Å². The number of ketones is 1. The molecule has 0 unspecified atom stereocenters. The quantitative estimate of drug-likeness (QED) is 0.396. The van der Waals surface area contributed by atoms with Gasteiger partial charge >= 0.3 is 6.09 Å². The molecule has 0 radical (unpaired) electrons. The van der Waals surface area contributed by atoms with E-state index in [4.69, 9.17) is 24.2 Å². The molecule has 2 aromatic heterocycles. The Balaban J connectivity index is 1.32. The third-order valence-electron chi connectivity index (χ3n) is 9.96. The zero-order valence-corrected chi connectivity index (χ0v) is 28.7. The van der Waals surface area contributed by atoms with E-state index in [1.165, 1.54) is 6.92 Å². The fraction of sp³-hybridized carbons (Fsp3) is 0.583. The lowest BCUT2D eigenvalue weighted by Gasteiger charge is -2.35. The molecule has 3 aliphatic rings. The zero-order valence-electron chi connectivity index (χ0n) is 28.7. The van der Waals surface area contributed by atoms with Gasteiger partial charge < -0.3 is 24.4 Å². The highest BCUT2D eigenvalue weighted by molar-refractivity contribution is 5.92. The molecule has 256 valence electrons. The average molecular weight is 659 g/mol. The molecule has 2 amide bonds. The van der Waals surface area contributed by atoms with Crippen LogP contribution in [0.5, 0.6) is 11.6 Å². The first-order chi connectivity index (χ1) is 22.8. The van der Waals surface area contributed by atoms with E-state index in [-0.39, 0.29) is 36.7 Å². The number of nitrogens with zero attached hydrogens (tertiary/aromatic N) is 5. The minimum absolute atomic E-state index is 0.147. The fourth-order valence-electron chi connectivity index (χ4n) is 7.03. The van der Waals surface area contributed by atoms with Gasteiger partial charge in [-0.25, -0.2) is 14.8 Å². The number of aromatic nitrogens is 4. The van der Waals surface area contributed by atoms with Crippen LogP contribution in [0.3, 0.4) is 0 Å². The van der Waals surface area contributed by atoms with Gasteiger partial charge in [0.15, 0.2) is 5.78 Å². The molecule has 48 heavy (non-hydrogen) atoms. The van der Waals surface area contributed by atoms with Crippen LogP contribution in [-0.2, 0) is 27.4 Å². The van der Waals surface area contributed by atoms with E-state index in [1.807, 2.05) is 52.8 Å². The summed E-state index contributed by atoms with van der Waals surface area (Å²) in [4.78, 5) is 60.3. The molecule has 1 aromatic carbocycles. The number of Topliss-reactive ketones (excluding diaryl/α,β-unsaturated/α-hetero) is 1. The molecule has 4 heterocycles. The predicted octanol–water partition coefficient (Wildman–Crippen LogP) is 5.22. The molecule has 12 nitrogen and oxygen atoms in total. The Morgan fingerprint density at radius 1 is 1.12 bits per heavy atom. The van der Waals surface area contributed by atoms with Crippen molar-refractivity contribution in [3.05, 3.63) is 48.2 Å². The van der Waals surface area contributed by atoms with E-state index in [0.29, 0.717) is 29.3 Å². The number of hydrogen-bond acceptors (Lipinski definition) is 10. The van der Waals surface area contributed by atoms with Crippen molar-refractivity contribution in [2.75, 3.05) is 6.54 Å². The minimum atomic E-state index is -0.909. The van der Waals surface area contributed by atoms with Gasteiger partial charge in [-0.15, -0.1) is 0 Å². The Kier molecular flexibility index (Phi) is 9.28. The summed E-state index contributed by atoms with van der Waals surface area (Å²) in [7, 11) is 0. The molecular weight excluding hydrogens is 612 g/mol. The molecule has 1 saturated heterocycles. The Labute approximate surface area is 281 Å². The van der Waals surface area contributed by atoms with Crippen molar-refractivity contribution in [3.8, 4) is 11.6 Å². The predicted molar refractivity (Wildman–Crippen MR) is 177 cm³/mol. The number of hydrogen-bond donors (Lipinski definition) is 1. The van der Waals surface area contributed by atoms with Crippen molar-refractivity contribution in [1.82, 2.24) is 30.2 Å². The van der Waals surface area contributed by atoms with Gasteiger partial charge in [0.05, 0.1) is 35.5 Å². The lowest BCUT2D eigenvalue weighted by atomic mass is 9.85. The third-order valence-corrected chi connectivity index (χ3v) is 9.96. The number of nitrogens with one attached hydrogen (secondary N) is 1. The average Bonchev–Trinajstić information content (AvgIpc) is 3.55. The second-order valence-corrected chi connectivity index (χ2v) is 14.8. The van der Waals surface area contributed by atoms with Crippen LogP contribution in [0.1, 0.15) is 85.0 Å². The summed E-state index contributed by atoms with van der Waals surface area (Å²) in [5.74, 6) is 0.456. The van der Waals surface area contributed by atoms with Gasteiger partial charge in [-0.2, -0.15) is 0 Å². The zero-order chi connectivity index (χ0) is 34.2. The maximum atomic E-state index is 14.2. The number of fused-ring (bicyclic) bond motifs is 5. The number of aryl methyl sites for hydroxylation is 1. The van der Waals surface area contributed by atoms with Crippen LogP contribution >= 0.6 is 0 Å². The second kappa shape index (κ2) is 13.3. The van der Waals surface area contributed by atoms with Crippen molar-refractivity contribution >= 4 is 28.8 Å². The number of benzene rings is 1.